The minimum Gasteiger partial charge on any atom is -0.378 e. The second-order valence-corrected chi connectivity index (χ2v) is 5.77. The molecule has 1 heterocycles. The Labute approximate surface area is 150 Å². The number of nitrogens with one attached hydrogen (secondary N) is 1. The van der Waals surface area contributed by atoms with E-state index in [1.807, 2.05) is 18.2 Å². The van der Waals surface area contributed by atoms with Gasteiger partial charge in [-0.1, -0.05) is 48.5 Å². The van der Waals surface area contributed by atoms with Gasteiger partial charge in [0.2, 0.25) is 0 Å². The predicted molar refractivity (Wildman–Crippen MR) is 98.6 cm³/mol. The normalized spacial score (nSPS) is 18.1. The minimum absolute atomic E-state index is 0.254. The van der Waals surface area contributed by atoms with E-state index in [9.17, 15) is 14.7 Å². The van der Waals surface area contributed by atoms with E-state index in [0.29, 0.717) is 17.0 Å². The van der Waals surface area contributed by atoms with Crippen molar-refractivity contribution in [3.05, 3.63) is 66.2 Å². The van der Waals surface area contributed by atoms with Crippen LogP contribution in [-0.2, 0) is 9.59 Å². The quantitative estimate of drug-likeness (QED) is 0.636. The topological polar surface area (TPSA) is 94.4 Å². The fraction of sp³-hybridized carbons (Fsp3) is 0.158. The molecule has 2 atom stereocenters. The number of aliphatic hydroxyl groups excluding tert-OH is 1. The molecule has 26 heavy (non-hydrogen) atoms. The van der Waals surface area contributed by atoms with Crippen molar-refractivity contribution in [2.75, 3.05) is 5.01 Å². The Bertz CT molecular complexity index is 850. The lowest BCUT2D eigenvalue weighted by atomic mass is 10.1. The summed E-state index contributed by atoms with van der Waals surface area (Å²) in [5, 5.41) is 19.4. The molecule has 0 bridgehead atoms. The molecule has 1 aliphatic heterocycles. The zero-order valence-corrected chi connectivity index (χ0v) is 14.1. The molecule has 2 aromatic rings. The van der Waals surface area contributed by atoms with Gasteiger partial charge in [-0.25, -0.2) is 5.43 Å². The zero-order valence-electron chi connectivity index (χ0n) is 14.1. The Morgan fingerprint density at radius 3 is 2.46 bits per heavy atom. The highest BCUT2D eigenvalue weighted by Crippen LogP contribution is 2.22. The van der Waals surface area contributed by atoms with Gasteiger partial charge in [0.1, 0.15) is 5.92 Å². The Morgan fingerprint density at radius 2 is 1.81 bits per heavy atom. The van der Waals surface area contributed by atoms with Crippen LogP contribution in [0.15, 0.2) is 70.9 Å². The van der Waals surface area contributed by atoms with Crippen LogP contribution in [0.3, 0.4) is 0 Å². The molecule has 0 saturated heterocycles. The lowest BCUT2D eigenvalue weighted by molar-refractivity contribution is -0.129. The van der Waals surface area contributed by atoms with Crippen molar-refractivity contribution < 1.29 is 14.7 Å². The van der Waals surface area contributed by atoms with E-state index in [2.05, 4.69) is 15.6 Å². The van der Waals surface area contributed by atoms with Gasteiger partial charge in [-0.05, 0) is 24.6 Å². The molecule has 2 amide bonds. The van der Waals surface area contributed by atoms with Crippen molar-refractivity contribution in [3.63, 3.8) is 0 Å². The third-order valence-corrected chi connectivity index (χ3v) is 3.95. The van der Waals surface area contributed by atoms with Gasteiger partial charge in [-0.2, -0.15) is 15.2 Å². The second-order valence-electron chi connectivity index (χ2n) is 5.77. The van der Waals surface area contributed by atoms with Crippen LogP contribution in [0.25, 0.3) is 0 Å². The molecule has 2 unspecified atom stereocenters. The summed E-state index contributed by atoms with van der Waals surface area (Å²) in [6, 6.07) is 17.6. The predicted octanol–water partition coefficient (Wildman–Crippen LogP) is 1.86. The zero-order chi connectivity index (χ0) is 18.5. The molecule has 0 saturated carbocycles. The first-order valence-electron chi connectivity index (χ1n) is 8.08. The average molecular weight is 350 g/mol. The molecule has 0 fully saturated rings. The SMILES string of the molecule is CC1=NN(c2ccccc2)C(=O)C1/C=N/NC(=O)C(O)c1ccccc1. The molecular weight excluding hydrogens is 332 g/mol. The number of anilines is 1. The highest BCUT2D eigenvalue weighted by Gasteiger charge is 2.33. The van der Waals surface area contributed by atoms with Gasteiger partial charge in [-0.15, -0.1) is 0 Å². The molecule has 3 rings (SSSR count). The van der Waals surface area contributed by atoms with Crippen molar-refractivity contribution in [2.24, 2.45) is 16.1 Å². The van der Waals surface area contributed by atoms with E-state index >= 15 is 0 Å². The third-order valence-electron chi connectivity index (χ3n) is 3.95. The van der Waals surface area contributed by atoms with Gasteiger partial charge in [0.05, 0.1) is 11.4 Å². The molecule has 7 nitrogen and oxygen atoms in total. The summed E-state index contributed by atoms with van der Waals surface area (Å²) in [4.78, 5) is 24.5. The first kappa shape index (κ1) is 17.5. The maximum Gasteiger partial charge on any atom is 0.273 e. The average Bonchev–Trinajstić information content (AvgIpc) is 2.97. The number of amides is 2. The number of carbonyl (C=O) groups excluding carboxylic acids is 2. The van der Waals surface area contributed by atoms with Crippen molar-refractivity contribution in [1.82, 2.24) is 5.43 Å². The van der Waals surface area contributed by atoms with Gasteiger partial charge in [0.15, 0.2) is 6.10 Å². The Morgan fingerprint density at radius 1 is 1.19 bits per heavy atom. The Hall–Kier alpha value is -3.32. The number of hydrogen-bond acceptors (Lipinski definition) is 5. The van der Waals surface area contributed by atoms with Gasteiger partial charge in [-0.3, -0.25) is 9.59 Å². The van der Waals surface area contributed by atoms with Gasteiger partial charge < -0.3 is 5.11 Å². The second kappa shape index (κ2) is 7.71. The molecule has 7 heteroatoms. The number of hydrazone groups is 2. The fourth-order valence-electron chi connectivity index (χ4n) is 2.53. The molecule has 0 aromatic heterocycles. The summed E-state index contributed by atoms with van der Waals surface area (Å²) < 4.78 is 0. The lowest BCUT2D eigenvalue weighted by Crippen LogP contribution is -2.30. The van der Waals surface area contributed by atoms with Crippen molar-refractivity contribution in [1.29, 1.82) is 0 Å². The number of rotatable bonds is 5. The fourth-order valence-corrected chi connectivity index (χ4v) is 2.53. The minimum atomic E-state index is -1.33. The summed E-state index contributed by atoms with van der Waals surface area (Å²) in [7, 11) is 0. The van der Waals surface area contributed by atoms with E-state index in [1.165, 1.54) is 11.2 Å². The molecular formula is C19H18N4O3. The largest absolute Gasteiger partial charge is 0.378 e. The Kier molecular flexibility index (Phi) is 5.19. The molecule has 2 N–H and O–H groups in total. The van der Waals surface area contributed by atoms with Crippen LogP contribution >= 0.6 is 0 Å². The molecule has 0 spiro atoms. The van der Waals surface area contributed by atoms with Crippen LogP contribution in [-0.4, -0.2) is 28.8 Å². The molecule has 0 radical (unpaired) electrons. The van der Waals surface area contributed by atoms with Crippen LogP contribution in [0.4, 0.5) is 5.69 Å². The van der Waals surface area contributed by atoms with Crippen LogP contribution in [0.2, 0.25) is 0 Å². The van der Waals surface area contributed by atoms with E-state index < -0.39 is 17.9 Å². The van der Waals surface area contributed by atoms with Crippen molar-refractivity contribution in [2.45, 2.75) is 13.0 Å². The number of nitrogens with zero attached hydrogens (tertiary/aromatic N) is 3. The number of aliphatic hydroxyl groups is 1. The highest BCUT2D eigenvalue weighted by atomic mass is 16.3. The summed E-state index contributed by atoms with van der Waals surface area (Å²) in [5.74, 6) is -1.59. The summed E-state index contributed by atoms with van der Waals surface area (Å²) in [5.41, 5.74) is 3.95. The summed E-state index contributed by atoms with van der Waals surface area (Å²) in [6.45, 7) is 1.72. The highest BCUT2D eigenvalue weighted by molar-refractivity contribution is 6.23. The van der Waals surface area contributed by atoms with Crippen molar-refractivity contribution >= 4 is 29.4 Å². The first-order valence-corrected chi connectivity index (χ1v) is 8.08. The Balaban J connectivity index is 1.63. The van der Waals surface area contributed by atoms with E-state index in [1.54, 1.807) is 49.4 Å². The van der Waals surface area contributed by atoms with Crippen LogP contribution in [0.1, 0.15) is 18.6 Å². The van der Waals surface area contributed by atoms with E-state index in [-0.39, 0.29) is 5.91 Å². The van der Waals surface area contributed by atoms with Gasteiger partial charge >= 0.3 is 0 Å². The monoisotopic (exact) mass is 350 g/mol. The van der Waals surface area contributed by atoms with Crippen LogP contribution in [0.5, 0.6) is 0 Å². The van der Waals surface area contributed by atoms with Gasteiger partial charge in [0, 0.05) is 6.21 Å². The van der Waals surface area contributed by atoms with Crippen LogP contribution < -0.4 is 10.4 Å². The van der Waals surface area contributed by atoms with E-state index in [0.717, 1.165) is 0 Å². The van der Waals surface area contributed by atoms with Gasteiger partial charge in [0.25, 0.3) is 11.8 Å². The van der Waals surface area contributed by atoms with E-state index in [4.69, 9.17) is 0 Å². The maximum absolute atomic E-state index is 12.5. The molecule has 0 aliphatic carbocycles. The lowest BCUT2D eigenvalue weighted by Gasteiger charge is -2.12. The molecule has 132 valence electrons. The smallest absolute Gasteiger partial charge is 0.273 e. The molecule has 1 aliphatic rings. The third kappa shape index (κ3) is 3.68. The van der Waals surface area contributed by atoms with Crippen molar-refractivity contribution in [3.8, 4) is 0 Å². The number of benzene rings is 2. The maximum atomic E-state index is 12.5. The number of hydrogen-bond donors (Lipinski definition) is 2. The number of para-hydroxylation sites is 1. The standard InChI is InChI=1S/C19H18N4O3/c1-13-16(19(26)23(22-13)15-10-6-3-7-11-15)12-20-21-18(25)17(24)14-8-4-2-5-9-14/h2-12,16-17,24H,1H3,(H,21,25)/b20-12+. The first-order chi connectivity index (χ1) is 12.6. The van der Waals surface area contributed by atoms with Crippen LogP contribution in [0, 0.1) is 5.92 Å². The molecule has 2 aromatic carbocycles. The summed E-state index contributed by atoms with van der Waals surface area (Å²) in [6.07, 6.45) is -0.0112. The number of carbonyl (C=O) groups is 2. The summed E-state index contributed by atoms with van der Waals surface area (Å²) >= 11 is 0.